The van der Waals surface area contributed by atoms with Crippen LogP contribution in [0.3, 0.4) is 0 Å². The maximum Gasteiger partial charge on any atom is 0.303 e. The van der Waals surface area contributed by atoms with E-state index in [1.807, 2.05) is 13.8 Å². The van der Waals surface area contributed by atoms with Crippen LogP contribution in [0.1, 0.15) is 37.3 Å². The van der Waals surface area contributed by atoms with Gasteiger partial charge in [0.1, 0.15) is 10.8 Å². The molecule has 2 rings (SSSR count). The summed E-state index contributed by atoms with van der Waals surface area (Å²) in [4.78, 5) is 10.6. The van der Waals surface area contributed by atoms with Gasteiger partial charge in [-0.1, -0.05) is 23.5 Å². The summed E-state index contributed by atoms with van der Waals surface area (Å²) in [5.74, 6) is -1.08. The smallest absolute Gasteiger partial charge is 0.303 e. The van der Waals surface area contributed by atoms with Crippen molar-refractivity contribution < 1.29 is 14.3 Å². The number of hydrogen-bond donors (Lipinski definition) is 2. The van der Waals surface area contributed by atoms with Gasteiger partial charge in [0.05, 0.1) is 0 Å². The fourth-order valence-corrected chi connectivity index (χ4v) is 2.88. The van der Waals surface area contributed by atoms with Crippen molar-refractivity contribution in [2.75, 3.05) is 5.32 Å². The molecule has 0 aliphatic rings. The largest absolute Gasteiger partial charge is 0.481 e. The summed E-state index contributed by atoms with van der Waals surface area (Å²) in [6, 6.07) is 6.29. The third kappa shape index (κ3) is 5.07. The Balaban J connectivity index is 1.96. The summed E-state index contributed by atoms with van der Waals surface area (Å²) in [7, 11) is 0. The van der Waals surface area contributed by atoms with Crippen molar-refractivity contribution in [2.24, 2.45) is 0 Å². The molecule has 0 saturated carbocycles. The first kappa shape index (κ1) is 16.4. The Labute approximate surface area is 132 Å². The van der Waals surface area contributed by atoms with Crippen LogP contribution in [0.2, 0.25) is 0 Å². The fraction of sp³-hybridized carbons (Fsp3) is 0.400. The maximum atomic E-state index is 12.9. The van der Waals surface area contributed by atoms with E-state index in [-0.39, 0.29) is 17.8 Å². The fourth-order valence-electron chi connectivity index (χ4n) is 1.92. The highest BCUT2D eigenvalue weighted by atomic mass is 32.1. The molecule has 0 aliphatic heterocycles. The predicted molar refractivity (Wildman–Crippen MR) is 83.7 cm³/mol. The van der Waals surface area contributed by atoms with Crippen LogP contribution in [0, 0.1) is 5.82 Å². The molecule has 1 aromatic heterocycles. The third-order valence-electron chi connectivity index (χ3n) is 3.14. The number of nitrogens with zero attached hydrogens (tertiary/aromatic N) is 2. The minimum atomic E-state index is -0.816. The van der Waals surface area contributed by atoms with Gasteiger partial charge < -0.3 is 10.4 Å². The van der Waals surface area contributed by atoms with Crippen LogP contribution in [0.4, 0.5) is 9.52 Å². The number of carboxylic acids is 1. The van der Waals surface area contributed by atoms with Crippen LogP contribution in [0.5, 0.6) is 0 Å². The summed E-state index contributed by atoms with van der Waals surface area (Å²) in [5, 5.41) is 21.6. The van der Waals surface area contributed by atoms with E-state index in [4.69, 9.17) is 5.11 Å². The number of carboxylic acid groups (broad SMARTS) is 1. The van der Waals surface area contributed by atoms with Crippen LogP contribution in [0.25, 0.3) is 0 Å². The first-order valence-corrected chi connectivity index (χ1v) is 7.72. The van der Waals surface area contributed by atoms with E-state index in [1.54, 1.807) is 12.1 Å². The molecule has 22 heavy (non-hydrogen) atoms. The van der Waals surface area contributed by atoms with Crippen molar-refractivity contribution in [2.45, 2.75) is 38.6 Å². The predicted octanol–water partition coefficient (Wildman–Crippen LogP) is 3.32. The Morgan fingerprint density at radius 1 is 1.32 bits per heavy atom. The first-order valence-electron chi connectivity index (χ1n) is 6.91. The summed E-state index contributed by atoms with van der Waals surface area (Å²) in [5.41, 5.74) is 0.597. The molecule has 0 amide bonds. The van der Waals surface area contributed by atoms with Crippen molar-refractivity contribution >= 4 is 22.4 Å². The quantitative estimate of drug-likeness (QED) is 0.817. The van der Waals surface area contributed by atoms with Gasteiger partial charge in [-0.15, -0.1) is 10.2 Å². The van der Waals surface area contributed by atoms with Gasteiger partial charge in [-0.05, 0) is 38.0 Å². The average molecular weight is 323 g/mol. The molecule has 0 aliphatic carbocycles. The Morgan fingerprint density at radius 2 is 2.00 bits per heavy atom. The molecule has 7 heteroatoms. The highest BCUT2D eigenvalue weighted by molar-refractivity contribution is 7.15. The summed E-state index contributed by atoms with van der Waals surface area (Å²) < 4.78 is 12.9. The van der Waals surface area contributed by atoms with E-state index < -0.39 is 5.97 Å². The molecule has 1 heterocycles. The highest BCUT2D eigenvalue weighted by Crippen LogP contribution is 2.24. The van der Waals surface area contributed by atoms with Crippen molar-refractivity contribution in [1.29, 1.82) is 0 Å². The molecule has 0 unspecified atom stereocenters. The molecule has 5 nitrogen and oxygen atoms in total. The van der Waals surface area contributed by atoms with Crippen LogP contribution < -0.4 is 5.32 Å². The number of aliphatic carboxylic acids is 1. The van der Waals surface area contributed by atoms with Crippen LogP contribution in [-0.4, -0.2) is 26.8 Å². The third-order valence-corrected chi connectivity index (χ3v) is 3.98. The minimum Gasteiger partial charge on any atom is -0.481 e. The Morgan fingerprint density at radius 3 is 2.64 bits per heavy atom. The Bertz CT molecular complexity index is 640. The van der Waals surface area contributed by atoms with E-state index in [1.165, 1.54) is 23.5 Å². The molecule has 118 valence electrons. The lowest BCUT2D eigenvalue weighted by Gasteiger charge is -2.24. The van der Waals surface area contributed by atoms with E-state index in [0.29, 0.717) is 18.0 Å². The molecular weight excluding hydrogens is 305 g/mol. The summed E-state index contributed by atoms with van der Waals surface area (Å²) in [6.45, 7) is 3.86. The molecule has 1 aromatic carbocycles. The van der Waals surface area contributed by atoms with Gasteiger partial charge in [-0.25, -0.2) is 4.39 Å². The van der Waals surface area contributed by atoms with Crippen LogP contribution >= 0.6 is 11.3 Å². The summed E-state index contributed by atoms with van der Waals surface area (Å²) in [6.07, 6.45) is 1.19. The molecule has 0 bridgehead atoms. The molecule has 0 fully saturated rings. The second kappa shape index (κ2) is 6.83. The molecule has 0 spiro atoms. The van der Waals surface area contributed by atoms with Crippen LogP contribution in [-0.2, 0) is 11.2 Å². The zero-order valence-corrected chi connectivity index (χ0v) is 13.3. The Hall–Kier alpha value is -2.02. The van der Waals surface area contributed by atoms with Crippen molar-refractivity contribution in [1.82, 2.24) is 10.2 Å². The molecule has 0 saturated heterocycles. The van der Waals surface area contributed by atoms with Gasteiger partial charge in [0, 0.05) is 18.4 Å². The minimum absolute atomic E-state index is 0.0985. The first-order chi connectivity index (χ1) is 10.3. The van der Waals surface area contributed by atoms with E-state index >= 15 is 0 Å². The lowest BCUT2D eigenvalue weighted by Crippen LogP contribution is -2.31. The topological polar surface area (TPSA) is 75.1 Å². The van der Waals surface area contributed by atoms with E-state index in [9.17, 15) is 9.18 Å². The average Bonchev–Trinajstić information content (AvgIpc) is 2.86. The maximum absolute atomic E-state index is 12.9. The van der Waals surface area contributed by atoms with E-state index in [0.717, 1.165) is 10.6 Å². The van der Waals surface area contributed by atoms with Crippen molar-refractivity contribution in [3.63, 3.8) is 0 Å². The van der Waals surface area contributed by atoms with Gasteiger partial charge in [0.2, 0.25) is 5.13 Å². The van der Waals surface area contributed by atoms with Gasteiger partial charge in [0.15, 0.2) is 0 Å². The lowest BCUT2D eigenvalue weighted by atomic mass is 9.99. The number of anilines is 1. The lowest BCUT2D eigenvalue weighted by molar-refractivity contribution is -0.137. The second-order valence-electron chi connectivity index (χ2n) is 5.71. The summed E-state index contributed by atoms with van der Waals surface area (Å²) >= 11 is 1.42. The highest BCUT2D eigenvalue weighted by Gasteiger charge is 2.20. The monoisotopic (exact) mass is 323 g/mol. The van der Waals surface area contributed by atoms with Crippen molar-refractivity contribution in [3.8, 4) is 0 Å². The molecule has 2 aromatic rings. The van der Waals surface area contributed by atoms with Crippen molar-refractivity contribution in [3.05, 3.63) is 40.7 Å². The molecule has 0 radical (unpaired) electrons. The molecule has 2 N–H and O–H groups in total. The number of benzene rings is 1. The zero-order chi connectivity index (χ0) is 16.2. The number of halogens is 1. The van der Waals surface area contributed by atoms with E-state index in [2.05, 4.69) is 15.5 Å². The standard InChI is InChI=1S/C15H18FN3O2S/c1-15(2,8-7-13(20)21)17-14-19-18-12(22-14)9-10-3-5-11(16)6-4-10/h3-6H,7-9H2,1-2H3,(H,17,19)(H,20,21). The number of aromatic nitrogens is 2. The van der Waals surface area contributed by atoms with Crippen LogP contribution in [0.15, 0.2) is 24.3 Å². The second-order valence-corrected chi connectivity index (χ2v) is 6.77. The number of carbonyl (C=O) groups is 1. The SMILES string of the molecule is CC(C)(CCC(=O)O)Nc1nnc(Cc2ccc(F)cc2)s1. The zero-order valence-electron chi connectivity index (χ0n) is 12.5. The number of rotatable bonds is 7. The molecular formula is C15H18FN3O2S. The normalized spacial score (nSPS) is 11.4. The van der Waals surface area contributed by atoms with Gasteiger partial charge in [-0.3, -0.25) is 4.79 Å². The van der Waals surface area contributed by atoms with Gasteiger partial charge >= 0.3 is 5.97 Å². The van der Waals surface area contributed by atoms with Gasteiger partial charge in [-0.2, -0.15) is 0 Å². The van der Waals surface area contributed by atoms with Gasteiger partial charge in [0.25, 0.3) is 0 Å². The number of nitrogens with one attached hydrogen (secondary N) is 1. The molecule has 0 atom stereocenters. The Kier molecular flexibility index (Phi) is 5.07. The number of hydrogen-bond acceptors (Lipinski definition) is 5.